The molecule has 2 atom stereocenters. The van der Waals surface area contributed by atoms with Crippen LogP contribution in [0.2, 0.25) is 0 Å². The van der Waals surface area contributed by atoms with E-state index in [1.54, 1.807) is 12.5 Å². The summed E-state index contributed by atoms with van der Waals surface area (Å²) in [5.74, 6) is 0.947. The Morgan fingerprint density at radius 2 is 1.87 bits per heavy atom. The molecule has 202 valence electrons. The SMILES string of the molecule is CC(Nc1nccc(-n2cnc3cc(NC(=O)C4CCCN4C(=O)OC(C)(C)C)ccc32)n1)c1ccccc1. The zero-order valence-electron chi connectivity index (χ0n) is 22.6. The molecule has 1 fully saturated rings. The number of likely N-dealkylation sites (tertiary alicyclic amines) is 1. The van der Waals surface area contributed by atoms with Crippen molar-refractivity contribution in [1.29, 1.82) is 0 Å². The zero-order valence-corrected chi connectivity index (χ0v) is 22.6. The molecule has 0 bridgehead atoms. The second-order valence-electron chi connectivity index (χ2n) is 10.7. The Kier molecular flexibility index (Phi) is 7.19. The van der Waals surface area contributed by atoms with E-state index in [0.29, 0.717) is 35.9 Å². The largest absolute Gasteiger partial charge is 0.444 e. The number of carbonyl (C=O) groups is 2. The monoisotopic (exact) mass is 527 g/mol. The molecule has 10 heteroatoms. The fourth-order valence-electron chi connectivity index (χ4n) is 4.65. The van der Waals surface area contributed by atoms with E-state index >= 15 is 0 Å². The summed E-state index contributed by atoms with van der Waals surface area (Å²) in [4.78, 5) is 40.8. The van der Waals surface area contributed by atoms with E-state index in [2.05, 4.69) is 44.6 Å². The lowest BCUT2D eigenvalue weighted by atomic mass is 10.1. The standard InChI is InChI=1S/C29H33N7O3/c1-19(20-9-6-5-7-10-20)32-27-30-15-14-25(34-27)36-18-31-22-17-21(12-13-23(22)36)33-26(37)24-11-8-16-35(24)28(38)39-29(2,3)4/h5-7,9-10,12-15,17-19,24H,8,11,16H2,1-4H3,(H,33,37)(H,30,32,34). The zero-order chi connectivity index (χ0) is 27.6. The highest BCUT2D eigenvalue weighted by molar-refractivity contribution is 5.98. The molecular formula is C29H33N7O3. The molecular weight excluding hydrogens is 494 g/mol. The van der Waals surface area contributed by atoms with Gasteiger partial charge in [-0.3, -0.25) is 14.3 Å². The molecule has 5 rings (SSSR count). The van der Waals surface area contributed by atoms with Gasteiger partial charge in [-0.15, -0.1) is 0 Å². The Labute approximate surface area is 227 Å². The molecule has 1 aliphatic rings. The van der Waals surface area contributed by atoms with Crippen molar-refractivity contribution in [2.75, 3.05) is 17.2 Å². The molecule has 2 aromatic carbocycles. The van der Waals surface area contributed by atoms with Gasteiger partial charge in [0, 0.05) is 18.4 Å². The first-order valence-corrected chi connectivity index (χ1v) is 13.1. The van der Waals surface area contributed by atoms with Crippen molar-refractivity contribution in [2.45, 2.75) is 58.2 Å². The highest BCUT2D eigenvalue weighted by Gasteiger charge is 2.36. The number of anilines is 2. The smallest absolute Gasteiger partial charge is 0.410 e. The van der Waals surface area contributed by atoms with E-state index in [4.69, 9.17) is 4.74 Å². The first-order valence-electron chi connectivity index (χ1n) is 13.1. The van der Waals surface area contributed by atoms with Crippen LogP contribution in [0.3, 0.4) is 0 Å². The quantitative estimate of drug-likeness (QED) is 0.348. The number of nitrogens with zero attached hydrogens (tertiary/aromatic N) is 5. The first-order chi connectivity index (χ1) is 18.7. The van der Waals surface area contributed by atoms with Crippen LogP contribution in [-0.4, -0.2) is 54.6 Å². The molecule has 0 saturated carbocycles. The van der Waals surface area contributed by atoms with Gasteiger partial charge >= 0.3 is 6.09 Å². The number of carbonyl (C=O) groups excluding carboxylic acids is 2. The molecule has 2 N–H and O–H groups in total. The lowest BCUT2D eigenvalue weighted by Gasteiger charge is -2.28. The summed E-state index contributed by atoms with van der Waals surface area (Å²) in [7, 11) is 0. The Balaban J connectivity index is 1.30. The molecule has 10 nitrogen and oxygen atoms in total. The predicted molar refractivity (Wildman–Crippen MR) is 150 cm³/mol. The summed E-state index contributed by atoms with van der Waals surface area (Å²) in [6, 6.07) is 16.9. The van der Waals surface area contributed by atoms with Crippen LogP contribution in [-0.2, 0) is 9.53 Å². The lowest BCUT2D eigenvalue weighted by Crippen LogP contribution is -2.45. The topological polar surface area (TPSA) is 114 Å². The van der Waals surface area contributed by atoms with Crippen molar-refractivity contribution < 1.29 is 14.3 Å². The normalized spacial score (nSPS) is 16.2. The van der Waals surface area contributed by atoms with Gasteiger partial charge in [0.1, 0.15) is 23.8 Å². The number of hydrogen-bond acceptors (Lipinski definition) is 7. The van der Waals surface area contributed by atoms with Crippen molar-refractivity contribution >= 4 is 34.7 Å². The van der Waals surface area contributed by atoms with E-state index in [0.717, 1.165) is 17.5 Å². The molecule has 0 spiro atoms. The molecule has 1 aliphatic heterocycles. The van der Waals surface area contributed by atoms with E-state index in [9.17, 15) is 9.59 Å². The summed E-state index contributed by atoms with van der Waals surface area (Å²) in [6.45, 7) is 8.00. The average molecular weight is 528 g/mol. The van der Waals surface area contributed by atoms with Gasteiger partial charge in [-0.05, 0) is 70.4 Å². The third-order valence-electron chi connectivity index (χ3n) is 6.53. The minimum atomic E-state index is -0.620. The van der Waals surface area contributed by atoms with Crippen molar-refractivity contribution in [3.63, 3.8) is 0 Å². The number of nitrogens with one attached hydrogen (secondary N) is 2. The van der Waals surface area contributed by atoms with Crippen molar-refractivity contribution in [3.05, 3.63) is 72.7 Å². The van der Waals surface area contributed by atoms with E-state index in [1.807, 2.05) is 67.8 Å². The van der Waals surface area contributed by atoms with Gasteiger partial charge in [-0.1, -0.05) is 30.3 Å². The van der Waals surface area contributed by atoms with Crippen LogP contribution in [0.5, 0.6) is 0 Å². The number of rotatable bonds is 6. The van der Waals surface area contributed by atoms with Crippen molar-refractivity contribution in [1.82, 2.24) is 24.4 Å². The van der Waals surface area contributed by atoms with Crippen molar-refractivity contribution in [2.24, 2.45) is 0 Å². The molecule has 1 saturated heterocycles. The molecule has 39 heavy (non-hydrogen) atoms. The number of fused-ring (bicyclic) bond motifs is 1. The number of ether oxygens (including phenoxy) is 1. The van der Waals surface area contributed by atoms with Gasteiger partial charge in [0.15, 0.2) is 0 Å². The van der Waals surface area contributed by atoms with Crippen LogP contribution >= 0.6 is 0 Å². The molecule has 2 unspecified atom stereocenters. The van der Waals surface area contributed by atoms with Gasteiger partial charge in [-0.25, -0.2) is 14.8 Å². The molecule has 3 heterocycles. The fourth-order valence-corrected chi connectivity index (χ4v) is 4.65. The third-order valence-corrected chi connectivity index (χ3v) is 6.53. The second-order valence-corrected chi connectivity index (χ2v) is 10.7. The van der Waals surface area contributed by atoms with Crippen LogP contribution < -0.4 is 10.6 Å². The van der Waals surface area contributed by atoms with E-state index < -0.39 is 17.7 Å². The van der Waals surface area contributed by atoms with Crippen molar-refractivity contribution in [3.8, 4) is 5.82 Å². The van der Waals surface area contributed by atoms with Crippen LogP contribution in [0.4, 0.5) is 16.4 Å². The number of amides is 2. The molecule has 0 aliphatic carbocycles. The lowest BCUT2D eigenvalue weighted by molar-refractivity contribution is -0.120. The summed E-state index contributed by atoms with van der Waals surface area (Å²) >= 11 is 0. The van der Waals surface area contributed by atoms with Gasteiger partial charge in [-0.2, -0.15) is 4.98 Å². The third kappa shape index (κ3) is 6.00. The molecule has 2 aromatic heterocycles. The van der Waals surface area contributed by atoms with E-state index in [-0.39, 0.29) is 11.9 Å². The average Bonchev–Trinajstić information content (AvgIpc) is 3.56. The Hall–Kier alpha value is -4.47. The Morgan fingerprint density at radius 3 is 2.64 bits per heavy atom. The fraction of sp³-hybridized carbons (Fsp3) is 0.345. The number of hydrogen-bond donors (Lipinski definition) is 2. The first kappa shape index (κ1) is 26.1. The summed E-state index contributed by atoms with van der Waals surface area (Å²) in [5, 5.41) is 6.30. The van der Waals surface area contributed by atoms with Gasteiger partial charge in [0.25, 0.3) is 0 Å². The minimum Gasteiger partial charge on any atom is -0.444 e. The number of benzene rings is 2. The molecule has 2 amide bonds. The maximum absolute atomic E-state index is 13.1. The van der Waals surface area contributed by atoms with Crippen LogP contribution in [0.25, 0.3) is 16.9 Å². The maximum atomic E-state index is 13.1. The highest BCUT2D eigenvalue weighted by Crippen LogP contribution is 2.25. The Bertz CT molecular complexity index is 1480. The predicted octanol–water partition coefficient (Wildman–Crippen LogP) is 5.33. The van der Waals surface area contributed by atoms with Crippen LogP contribution in [0, 0.1) is 0 Å². The molecule has 4 aromatic rings. The molecule has 0 radical (unpaired) electrons. The maximum Gasteiger partial charge on any atom is 0.410 e. The van der Waals surface area contributed by atoms with Gasteiger partial charge in [0.2, 0.25) is 11.9 Å². The Morgan fingerprint density at radius 1 is 1.08 bits per heavy atom. The van der Waals surface area contributed by atoms with Gasteiger partial charge < -0.3 is 15.4 Å². The summed E-state index contributed by atoms with van der Waals surface area (Å²) < 4.78 is 7.36. The number of imidazole rings is 1. The summed E-state index contributed by atoms with van der Waals surface area (Å²) in [6.07, 6.45) is 4.28. The summed E-state index contributed by atoms with van der Waals surface area (Å²) in [5.41, 5.74) is 2.67. The van der Waals surface area contributed by atoms with Crippen LogP contribution in [0.15, 0.2) is 67.1 Å². The highest BCUT2D eigenvalue weighted by atomic mass is 16.6. The van der Waals surface area contributed by atoms with Crippen LogP contribution in [0.1, 0.15) is 52.1 Å². The van der Waals surface area contributed by atoms with Gasteiger partial charge in [0.05, 0.1) is 17.1 Å². The second kappa shape index (κ2) is 10.7. The van der Waals surface area contributed by atoms with E-state index in [1.165, 1.54) is 4.90 Å². The number of aromatic nitrogens is 4. The minimum absolute atomic E-state index is 0.0401.